The van der Waals surface area contributed by atoms with Crippen LogP contribution >= 0.6 is 0 Å². The number of nitrogens with zero attached hydrogens (tertiary/aromatic N) is 4. The second kappa shape index (κ2) is 10.2. The fourth-order valence-corrected chi connectivity index (χ4v) is 11.9. The highest BCUT2D eigenvalue weighted by Crippen LogP contribution is 2.43. The van der Waals surface area contributed by atoms with Gasteiger partial charge < -0.3 is 14.5 Å². The van der Waals surface area contributed by atoms with Crippen LogP contribution in [0.5, 0.6) is 0 Å². The van der Waals surface area contributed by atoms with E-state index in [9.17, 15) is 0 Å². The predicted molar refractivity (Wildman–Crippen MR) is 146 cm³/mol. The molecule has 1 N–H and O–H groups in total. The van der Waals surface area contributed by atoms with Gasteiger partial charge >= 0.3 is 0 Å². The highest BCUT2D eigenvalue weighted by Gasteiger charge is 2.46. The summed E-state index contributed by atoms with van der Waals surface area (Å²) in [5.41, 5.74) is 5.93. The van der Waals surface area contributed by atoms with E-state index in [2.05, 4.69) is 98.9 Å². The number of hydrogen-bond donors (Lipinski definition) is 1. The first-order chi connectivity index (χ1) is 17.3. The van der Waals surface area contributed by atoms with Gasteiger partial charge in [0.1, 0.15) is 12.6 Å². The van der Waals surface area contributed by atoms with Gasteiger partial charge in [0.05, 0.1) is 25.1 Å². The largest absolute Gasteiger partial charge is 0.413 e. The van der Waals surface area contributed by atoms with E-state index < -0.39 is 8.32 Å². The Kier molecular flexibility index (Phi) is 7.20. The van der Waals surface area contributed by atoms with Crippen LogP contribution in [-0.4, -0.2) is 40.5 Å². The lowest BCUT2D eigenvalue weighted by molar-refractivity contribution is -0.00415. The van der Waals surface area contributed by atoms with Crippen molar-refractivity contribution < 1.29 is 9.16 Å². The molecule has 3 heterocycles. The van der Waals surface area contributed by atoms with Crippen LogP contribution in [0.2, 0.25) is 16.6 Å². The molecule has 36 heavy (non-hydrogen) atoms. The first-order valence-corrected chi connectivity index (χ1v) is 15.4. The molecule has 1 aliphatic carbocycles. The van der Waals surface area contributed by atoms with E-state index in [1.54, 1.807) is 12.7 Å². The molecule has 1 fully saturated rings. The van der Waals surface area contributed by atoms with E-state index in [1.807, 2.05) is 4.57 Å². The maximum absolute atomic E-state index is 6.78. The van der Waals surface area contributed by atoms with Crippen LogP contribution in [0.25, 0.3) is 11.2 Å². The number of fused-ring (bicyclic) bond motifs is 2. The zero-order valence-electron chi connectivity index (χ0n) is 22.3. The van der Waals surface area contributed by atoms with Crippen LogP contribution < -0.4 is 5.32 Å². The Balaban J connectivity index is 1.29. The molecular formula is C28H39N5O2Si. The molecule has 5 rings (SSSR count). The van der Waals surface area contributed by atoms with Crippen LogP contribution in [0, 0.1) is 12.8 Å². The summed E-state index contributed by atoms with van der Waals surface area (Å²) in [4.78, 5) is 13.8. The summed E-state index contributed by atoms with van der Waals surface area (Å²) < 4.78 is 15.2. The minimum Gasteiger partial charge on any atom is -0.413 e. The Morgan fingerprint density at radius 2 is 1.78 bits per heavy atom. The van der Waals surface area contributed by atoms with Gasteiger partial charge in [-0.25, -0.2) is 15.0 Å². The van der Waals surface area contributed by atoms with Crippen molar-refractivity contribution in [2.45, 2.75) is 89.4 Å². The lowest BCUT2D eigenvalue weighted by atomic mass is 10.1. The Bertz CT molecular complexity index is 1170. The molecule has 0 amide bonds. The number of rotatable bonds is 9. The molecule has 0 unspecified atom stereocenters. The van der Waals surface area contributed by atoms with Gasteiger partial charge in [0, 0.05) is 12.8 Å². The topological polar surface area (TPSA) is 74.1 Å². The summed E-state index contributed by atoms with van der Waals surface area (Å²) in [7, 11) is -1.94. The van der Waals surface area contributed by atoms with Crippen molar-refractivity contribution >= 4 is 25.3 Å². The number of hydrogen-bond acceptors (Lipinski definition) is 6. The molecule has 2 radical (unpaired) electrons. The lowest BCUT2D eigenvalue weighted by Gasteiger charge is -2.42. The number of benzene rings is 1. The Hall–Kier alpha value is -2.29. The quantitative estimate of drug-likeness (QED) is 0.338. The second-order valence-corrected chi connectivity index (χ2v) is 16.5. The standard InChI is InChI=1S/C28H39N5O2Si/c1-18(2)36(19(3)4,20(5)6)34-15-22-12-14-25(35-22)33-17-31-26-27(29-16-30-28(26)33)32-24-13-11-21-9-7-8-10-23(21)24/h7-10,12,14,16-20,22,24-25H,11,13,15H2,1-6H3,(H,29,30,32)/t22-,24+,25-/m1/s1. The number of nitrogens with one attached hydrogen (secondary N) is 1. The van der Waals surface area contributed by atoms with Crippen molar-refractivity contribution in [2.24, 2.45) is 0 Å². The van der Waals surface area contributed by atoms with Crippen molar-refractivity contribution in [3.05, 3.63) is 60.9 Å². The van der Waals surface area contributed by atoms with E-state index in [4.69, 9.17) is 9.16 Å². The molecule has 8 heteroatoms. The fourth-order valence-electron chi connectivity index (χ4n) is 6.48. The van der Waals surface area contributed by atoms with Crippen LogP contribution in [-0.2, 0) is 15.6 Å². The molecule has 192 valence electrons. The van der Waals surface area contributed by atoms with Crippen molar-refractivity contribution in [1.82, 2.24) is 19.5 Å². The molecule has 0 saturated carbocycles. The minimum absolute atomic E-state index is 0.0787. The number of aromatic nitrogens is 4. The fraction of sp³-hybridized carbons (Fsp3) is 0.536. The molecule has 0 spiro atoms. The average Bonchev–Trinajstić information content (AvgIpc) is 3.58. The number of imidazole rings is 1. The minimum atomic E-state index is -1.94. The smallest absolute Gasteiger partial charge is 0.200 e. The van der Waals surface area contributed by atoms with Gasteiger partial charge in [-0.05, 0) is 40.6 Å². The highest BCUT2D eigenvalue weighted by atomic mass is 28.4. The summed E-state index contributed by atoms with van der Waals surface area (Å²) in [6.45, 7) is 14.5. The van der Waals surface area contributed by atoms with E-state index in [-0.39, 0.29) is 18.4 Å². The summed E-state index contributed by atoms with van der Waals surface area (Å²) in [5.74, 6) is 0.767. The first-order valence-electron chi connectivity index (χ1n) is 13.3. The molecule has 7 nitrogen and oxygen atoms in total. The highest BCUT2D eigenvalue weighted by molar-refractivity contribution is 6.77. The van der Waals surface area contributed by atoms with Gasteiger partial charge in [-0.2, -0.15) is 0 Å². The zero-order valence-corrected chi connectivity index (χ0v) is 23.3. The third-order valence-corrected chi connectivity index (χ3v) is 14.2. The van der Waals surface area contributed by atoms with Crippen LogP contribution in [0.4, 0.5) is 5.82 Å². The average molecular weight is 506 g/mol. The van der Waals surface area contributed by atoms with Gasteiger partial charge in [0.15, 0.2) is 25.3 Å². The summed E-state index contributed by atoms with van der Waals surface area (Å²) >= 11 is 0. The van der Waals surface area contributed by atoms with E-state index in [1.165, 1.54) is 11.1 Å². The molecule has 0 bridgehead atoms. The molecule has 1 saturated heterocycles. The van der Waals surface area contributed by atoms with Crippen LogP contribution in [0.3, 0.4) is 0 Å². The SMILES string of the molecule is CC(C)[Si](OC[C@H]1[CH][CH][C@H](n2cnc3c(N[C@H]4CCc5ccccc54)ncnc32)O1)(C(C)C)C(C)C. The van der Waals surface area contributed by atoms with Crippen molar-refractivity contribution in [3.63, 3.8) is 0 Å². The number of ether oxygens (including phenoxy) is 1. The summed E-state index contributed by atoms with van der Waals surface area (Å²) in [5, 5.41) is 3.62. The van der Waals surface area contributed by atoms with E-state index >= 15 is 0 Å². The molecular weight excluding hydrogens is 466 g/mol. The van der Waals surface area contributed by atoms with Crippen LogP contribution in [0.1, 0.15) is 71.4 Å². The summed E-state index contributed by atoms with van der Waals surface area (Å²) in [6.07, 6.45) is 9.41. The maximum Gasteiger partial charge on any atom is 0.200 e. The predicted octanol–water partition coefficient (Wildman–Crippen LogP) is 6.42. The normalized spacial score (nSPS) is 22.3. The van der Waals surface area contributed by atoms with Crippen molar-refractivity contribution in [1.29, 1.82) is 0 Å². The van der Waals surface area contributed by atoms with Crippen molar-refractivity contribution in [3.8, 4) is 0 Å². The number of anilines is 1. The molecule has 2 aliphatic rings. The Morgan fingerprint density at radius 1 is 1.03 bits per heavy atom. The summed E-state index contributed by atoms with van der Waals surface area (Å²) in [6, 6.07) is 8.85. The zero-order chi connectivity index (χ0) is 25.4. The third kappa shape index (κ3) is 4.48. The molecule has 1 aliphatic heterocycles. The second-order valence-electron chi connectivity index (χ2n) is 11.1. The van der Waals surface area contributed by atoms with Gasteiger partial charge in [0.25, 0.3) is 0 Å². The molecule has 3 aromatic rings. The van der Waals surface area contributed by atoms with Gasteiger partial charge in [-0.1, -0.05) is 65.8 Å². The molecule has 2 aromatic heterocycles. The lowest BCUT2D eigenvalue weighted by Crippen LogP contribution is -2.49. The third-order valence-electron chi connectivity index (χ3n) is 8.09. The number of aryl methyl sites for hydroxylation is 1. The molecule has 1 aromatic carbocycles. The van der Waals surface area contributed by atoms with Gasteiger partial charge in [-0.15, -0.1) is 0 Å². The monoisotopic (exact) mass is 505 g/mol. The maximum atomic E-state index is 6.78. The Labute approximate surface area is 216 Å². The van der Waals surface area contributed by atoms with E-state index in [0.717, 1.165) is 29.8 Å². The van der Waals surface area contributed by atoms with Crippen molar-refractivity contribution in [2.75, 3.05) is 11.9 Å². The Morgan fingerprint density at radius 3 is 2.53 bits per heavy atom. The van der Waals surface area contributed by atoms with E-state index in [0.29, 0.717) is 23.2 Å². The van der Waals surface area contributed by atoms with Gasteiger partial charge in [0.2, 0.25) is 0 Å². The molecule has 3 atom stereocenters. The first kappa shape index (κ1) is 25.4. The van der Waals surface area contributed by atoms with Gasteiger partial charge in [-0.3, -0.25) is 4.57 Å². The van der Waals surface area contributed by atoms with Crippen LogP contribution in [0.15, 0.2) is 36.9 Å².